The third-order valence-corrected chi connectivity index (χ3v) is 4.51. The molecule has 0 bridgehead atoms. The van der Waals surface area contributed by atoms with Crippen LogP contribution in [0, 0.1) is 20.8 Å². The summed E-state index contributed by atoms with van der Waals surface area (Å²) in [4.78, 5) is 11.9. The molecule has 26 heavy (non-hydrogen) atoms. The van der Waals surface area contributed by atoms with Gasteiger partial charge in [-0.15, -0.1) is 0 Å². The van der Waals surface area contributed by atoms with E-state index in [0.29, 0.717) is 0 Å². The quantitative estimate of drug-likeness (QED) is 0.551. The van der Waals surface area contributed by atoms with Gasteiger partial charge in [-0.2, -0.15) is 5.10 Å². The minimum Gasteiger partial charge on any atom is -0.459 e. The number of aryl methyl sites for hydroxylation is 3. The molecule has 1 N–H and O–H groups in total. The summed E-state index contributed by atoms with van der Waals surface area (Å²) >= 11 is 0. The molecule has 0 radical (unpaired) electrons. The predicted molar refractivity (Wildman–Crippen MR) is 103 cm³/mol. The molecular weight excluding hydrogens is 326 g/mol. The number of carbonyl (C=O) groups is 1. The normalized spacial score (nSPS) is 11.2. The molecule has 0 aliphatic rings. The number of hydrazone groups is 1. The highest BCUT2D eigenvalue weighted by atomic mass is 16.3. The lowest BCUT2D eigenvalue weighted by Crippen LogP contribution is -2.16. The van der Waals surface area contributed by atoms with Gasteiger partial charge in [0.15, 0.2) is 5.76 Å². The topological polar surface area (TPSA) is 59.5 Å². The molecule has 3 rings (SSSR count). The third kappa shape index (κ3) is 3.33. The van der Waals surface area contributed by atoms with Gasteiger partial charge in [0.05, 0.1) is 18.2 Å². The fraction of sp³-hybridized carbons (Fsp3) is 0.238. The predicted octanol–water partition coefficient (Wildman–Crippen LogP) is 4.32. The van der Waals surface area contributed by atoms with Crippen LogP contribution in [0.15, 0.2) is 52.2 Å². The van der Waals surface area contributed by atoms with E-state index in [2.05, 4.69) is 67.1 Å². The molecule has 0 spiro atoms. The fourth-order valence-corrected chi connectivity index (χ4v) is 3.21. The molecule has 0 fully saturated rings. The minimum atomic E-state index is -0.368. The Morgan fingerprint density at radius 2 is 2.04 bits per heavy atom. The summed E-state index contributed by atoms with van der Waals surface area (Å²) in [6.07, 6.45) is 4.10. The number of para-hydroxylation sites is 1. The number of benzene rings is 1. The van der Waals surface area contributed by atoms with Gasteiger partial charge in [0.1, 0.15) is 0 Å². The fourth-order valence-electron chi connectivity index (χ4n) is 3.21. The first-order valence-corrected chi connectivity index (χ1v) is 8.67. The van der Waals surface area contributed by atoms with E-state index in [1.165, 1.54) is 23.1 Å². The first-order chi connectivity index (χ1) is 12.5. The summed E-state index contributed by atoms with van der Waals surface area (Å²) in [5, 5.41) is 4.07. The number of hydrogen-bond acceptors (Lipinski definition) is 3. The number of rotatable bonds is 5. The molecule has 0 aliphatic carbocycles. The minimum absolute atomic E-state index is 0.236. The van der Waals surface area contributed by atoms with Gasteiger partial charge in [0, 0.05) is 17.0 Å². The zero-order valence-electron chi connectivity index (χ0n) is 15.5. The number of furan rings is 1. The Morgan fingerprint density at radius 3 is 2.73 bits per heavy atom. The molecule has 2 heterocycles. The van der Waals surface area contributed by atoms with Gasteiger partial charge in [-0.05, 0) is 56.5 Å². The van der Waals surface area contributed by atoms with Crippen LogP contribution < -0.4 is 5.43 Å². The van der Waals surface area contributed by atoms with Crippen LogP contribution in [0.3, 0.4) is 0 Å². The van der Waals surface area contributed by atoms with Crippen LogP contribution in [-0.4, -0.2) is 16.7 Å². The number of hydrogen-bond donors (Lipinski definition) is 1. The summed E-state index contributed by atoms with van der Waals surface area (Å²) in [7, 11) is 0. The number of nitrogens with one attached hydrogen (secondary N) is 1. The molecule has 5 heteroatoms. The van der Waals surface area contributed by atoms with Gasteiger partial charge in [-0.1, -0.05) is 25.1 Å². The van der Waals surface area contributed by atoms with E-state index in [0.717, 1.165) is 23.4 Å². The number of aromatic nitrogens is 1. The van der Waals surface area contributed by atoms with Crippen molar-refractivity contribution < 1.29 is 9.21 Å². The first kappa shape index (κ1) is 17.7. The van der Waals surface area contributed by atoms with Crippen molar-refractivity contribution in [2.24, 2.45) is 5.10 Å². The van der Waals surface area contributed by atoms with E-state index >= 15 is 0 Å². The SMILES string of the molecule is CCc1cccc(C)c1-n1c(C)cc(/C=N/NC(=O)c2ccco2)c1C. The molecule has 1 aromatic carbocycles. The van der Waals surface area contributed by atoms with Crippen molar-refractivity contribution in [1.82, 2.24) is 9.99 Å². The van der Waals surface area contributed by atoms with Gasteiger partial charge >= 0.3 is 5.91 Å². The van der Waals surface area contributed by atoms with E-state index in [9.17, 15) is 4.79 Å². The van der Waals surface area contributed by atoms with Crippen molar-refractivity contribution >= 4 is 12.1 Å². The van der Waals surface area contributed by atoms with Gasteiger partial charge in [-0.25, -0.2) is 5.43 Å². The Hall–Kier alpha value is -3.08. The van der Waals surface area contributed by atoms with E-state index in [1.807, 2.05) is 0 Å². The van der Waals surface area contributed by atoms with Gasteiger partial charge in [-0.3, -0.25) is 4.79 Å². The lowest BCUT2D eigenvalue weighted by molar-refractivity contribution is 0.0927. The Morgan fingerprint density at radius 1 is 1.23 bits per heavy atom. The van der Waals surface area contributed by atoms with Gasteiger partial charge < -0.3 is 8.98 Å². The Kier molecular flexibility index (Phi) is 5.07. The highest BCUT2D eigenvalue weighted by Crippen LogP contribution is 2.26. The number of carbonyl (C=O) groups excluding carboxylic acids is 1. The van der Waals surface area contributed by atoms with Crippen LogP contribution >= 0.6 is 0 Å². The van der Waals surface area contributed by atoms with Crippen LogP contribution in [0.25, 0.3) is 5.69 Å². The summed E-state index contributed by atoms with van der Waals surface area (Å²) in [5.74, 6) is -0.132. The Balaban J connectivity index is 1.90. The van der Waals surface area contributed by atoms with Crippen LogP contribution in [0.5, 0.6) is 0 Å². The second kappa shape index (κ2) is 7.44. The van der Waals surface area contributed by atoms with Crippen molar-refractivity contribution in [1.29, 1.82) is 0 Å². The Bertz CT molecular complexity index is 950. The summed E-state index contributed by atoms with van der Waals surface area (Å²) in [6.45, 7) is 8.44. The molecule has 0 atom stereocenters. The summed E-state index contributed by atoms with van der Waals surface area (Å²) in [5.41, 5.74) is 9.44. The summed E-state index contributed by atoms with van der Waals surface area (Å²) in [6, 6.07) is 11.7. The zero-order valence-corrected chi connectivity index (χ0v) is 15.5. The second-order valence-electron chi connectivity index (χ2n) is 6.27. The number of nitrogens with zero attached hydrogens (tertiary/aromatic N) is 2. The molecule has 134 valence electrons. The van der Waals surface area contributed by atoms with E-state index in [-0.39, 0.29) is 11.7 Å². The van der Waals surface area contributed by atoms with Crippen molar-refractivity contribution in [3.05, 3.63) is 76.5 Å². The lowest BCUT2D eigenvalue weighted by atomic mass is 10.1. The highest BCUT2D eigenvalue weighted by Gasteiger charge is 2.14. The maximum Gasteiger partial charge on any atom is 0.307 e. The van der Waals surface area contributed by atoms with Crippen molar-refractivity contribution in [3.63, 3.8) is 0 Å². The lowest BCUT2D eigenvalue weighted by Gasteiger charge is -2.17. The molecule has 0 aliphatic heterocycles. The van der Waals surface area contributed by atoms with Crippen LogP contribution in [0.1, 0.15) is 45.6 Å². The maximum absolute atomic E-state index is 11.9. The monoisotopic (exact) mass is 349 g/mol. The third-order valence-electron chi connectivity index (χ3n) is 4.51. The largest absolute Gasteiger partial charge is 0.459 e. The standard InChI is InChI=1S/C21H23N3O2/c1-5-17-9-6-8-14(2)20(17)24-15(3)12-18(16(24)4)13-22-23-21(25)19-10-7-11-26-19/h6-13H,5H2,1-4H3,(H,23,25)/b22-13+. The molecule has 3 aromatic rings. The molecule has 0 unspecified atom stereocenters. The molecule has 0 saturated heterocycles. The smallest absolute Gasteiger partial charge is 0.307 e. The van der Waals surface area contributed by atoms with Crippen LogP contribution in [0.4, 0.5) is 0 Å². The first-order valence-electron chi connectivity index (χ1n) is 8.67. The molecular formula is C21H23N3O2. The van der Waals surface area contributed by atoms with Crippen molar-refractivity contribution in [3.8, 4) is 5.69 Å². The van der Waals surface area contributed by atoms with Gasteiger partial charge in [0.2, 0.25) is 0 Å². The zero-order chi connectivity index (χ0) is 18.7. The molecule has 1 amide bonds. The van der Waals surface area contributed by atoms with E-state index in [4.69, 9.17) is 4.42 Å². The summed E-state index contributed by atoms with van der Waals surface area (Å²) < 4.78 is 7.31. The molecule has 5 nitrogen and oxygen atoms in total. The second-order valence-corrected chi connectivity index (χ2v) is 6.27. The Labute approximate surface area is 153 Å². The molecule has 2 aromatic heterocycles. The van der Waals surface area contributed by atoms with E-state index < -0.39 is 0 Å². The highest BCUT2D eigenvalue weighted by molar-refractivity contribution is 5.92. The van der Waals surface area contributed by atoms with Gasteiger partial charge in [0.25, 0.3) is 0 Å². The van der Waals surface area contributed by atoms with Crippen molar-refractivity contribution in [2.75, 3.05) is 0 Å². The molecule has 0 saturated carbocycles. The maximum atomic E-state index is 11.9. The van der Waals surface area contributed by atoms with Crippen LogP contribution in [0.2, 0.25) is 0 Å². The van der Waals surface area contributed by atoms with Crippen molar-refractivity contribution in [2.45, 2.75) is 34.1 Å². The average molecular weight is 349 g/mol. The van der Waals surface area contributed by atoms with Crippen LogP contribution in [-0.2, 0) is 6.42 Å². The van der Waals surface area contributed by atoms with E-state index in [1.54, 1.807) is 18.3 Å². The average Bonchev–Trinajstić information content (AvgIpc) is 3.24. The number of amides is 1.